The maximum atomic E-state index is 11.4. The Bertz CT molecular complexity index is 473. The number of pyridine rings is 1. The number of hydrogen-bond acceptors (Lipinski definition) is 6. The molecule has 0 aliphatic carbocycles. The lowest BCUT2D eigenvalue weighted by atomic mass is 10.2. The highest BCUT2D eigenvalue weighted by Gasteiger charge is 2.21. The minimum Gasteiger partial charge on any atom is -0.464 e. The zero-order valence-electron chi connectivity index (χ0n) is 8.86. The molecule has 0 bridgehead atoms. The van der Waals surface area contributed by atoms with Crippen molar-refractivity contribution < 1.29 is 14.3 Å². The molecule has 2 heterocycles. The van der Waals surface area contributed by atoms with Crippen LogP contribution in [0.3, 0.4) is 0 Å². The molecular formula is C10H10N2O3S. The van der Waals surface area contributed by atoms with Gasteiger partial charge in [-0.1, -0.05) is 0 Å². The molecule has 0 amide bonds. The molecule has 5 nitrogen and oxygen atoms in total. The first-order chi connectivity index (χ1) is 7.61. The van der Waals surface area contributed by atoms with Gasteiger partial charge in [-0.25, -0.2) is 9.78 Å². The van der Waals surface area contributed by atoms with Crippen molar-refractivity contribution in [2.45, 2.75) is 11.9 Å². The number of hydrogen-bond donors (Lipinski definition) is 1. The molecule has 2 rings (SSSR count). The number of methoxy groups -OCH3 is 1. The van der Waals surface area contributed by atoms with Crippen LogP contribution in [0.2, 0.25) is 0 Å². The van der Waals surface area contributed by atoms with Gasteiger partial charge in [0.1, 0.15) is 5.03 Å². The molecule has 1 aromatic rings. The summed E-state index contributed by atoms with van der Waals surface area (Å²) in [5, 5.41) is 3.47. The Morgan fingerprint density at radius 1 is 1.62 bits per heavy atom. The van der Waals surface area contributed by atoms with E-state index in [4.69, 9.17) is 0 Å². The molecule has 1 N–H and O–H groups in total. The number of esters is 1. The van der Waals surface area contributed by atoms with Crippen molar-refractivity contribution in [3.8, 4) is 0 Å². The summed E-state index contributed by atoms with van der Waals surface area (Å²) in [5.41, 5.74) is 1.77. The fourth-order valence-electron chi connectivity index (χ4n) is 1.42. The molecule has 0 atom stereocenters. The van der Waals surface area contributed by atoms with Crippen molar-refractivity contribution in [2.75, 3.05) is 19.0 Å². The van der Waals surface area contributed by atoms with Crippen LogP contribution in [0.15, 0.2) is 11.1 Å². The Kier molecular flexibility index (Phi) is 2.82. The Hall–Kier alpha value is -1.56. The Morgan fingerprint density at radius 2 is 2.38 bits per heavy atom. The topological polar surface area (TPSA) is 68.3 Å². The lowest BCUT2D eigenvalue weighted by Gasteiger charge is -2.17. The number of rotatable bonds is 1. The second-order valence-corrected chi connectivity index (χ2v) is 4.37. The standard InChI is InChI=1S/C10H10N2O3S/c1-5-3-6-9(16-7(13)4-11-6)12-8(5)10(14)15-2/h3,11H,4H2,1-2H3. The van der Waals surface area contributed by atoms with Gasteiger partial charge in [-0.3, -0.25) is 4.79 Å². The van der Waals surface area contributed by atoms with E-state index in [2.05, 4.69) is 15.0 Å². The lowest BCUT2D eigenvalue weighted by Crippen LogP contribution is -2.18. The molecule has 1 aliphatic rings. The minimum atomic E-state index is -0.487. The van der Waals surface area contributed by atoms with E-state index in [9.17, 15) is 9.59 Å². The second kappa shape index (κ2) is 4.13. The van der Waals surface area contributed by atoms with Gasteiger partial charge < -0.3 is 10.1 Å². The van der Waals surface area contributed by atoms with Gasteiger partial charge in [0.25, 0.3) is 0 Å². The quantitative estimate of drug-likeness (QED) is 0.742. The molecule has 6 heteroatoms. The Labute approximate surface area is 96.6 Å². The number of thioether (sulfide) groups is 1. The lowest BCUT2D eigenvalue weighted by molar-refractivity contribution is -0.109. The monoisotopic (exact) mass is 238 g/mol. The number of aryl methyl sites for hydroxylation is 1. The van der Waals surface area contributed by atoms with E-state index in [1.807, 2.05) is 0 Å². The SMILES string of the molecule is COC(=O)c1nc2c(cc1C)NCC(=O)S2. The third-order valence-corrected chi connectivity index (χ3v) is 3.07. The van der Waals surface area contributed by atoms with Crippen molar-refractivity contribution in [1.82, 2.24) is 4.98 Å². The molecule has 84 valence electrons. The highest BCUT2D eigenvalue weighted by Crippen LogP contribution is 2.31. The van der Waals surface area contributed by atoms with Gasteiger partial charge in [0, 0.05) is 0 Å². The van der Waals surface area contributed by atoms with Crippen molar-refractivity contribution in [3.05, 3.63) is 17.3 Å². The Morgan fingerprint density at radius 3 is 3.06 bits per heavy atom. The van der Waals surface area contributed by atoms with Gasteiger partial charge >= 0.3 is 5.97 Å². The van der Waals surface area contributed by atoms with Crippen LogP contribution in [-0.4, -0.2) is 29.7 Å². The molecular weight excluding hydrogens is 228 g/mol. The average molecular weight is 238 g/mol. The number of carbonyl (C=O) groups is 2. The Balaban J connectivity index is 2.46. The molecule has 1 aliphatic heterocycles. The summed E-state index contributed by atoms with van der Waals surface area (Å²) < 4.78 is 4.62. The van der Waals surface area contributed by atoms with Crippen LogP contribution in [0.4, 0.5) is 5.69 Å². The minimum absolute atomic E-state index is 0.0142. The van der Waals surface area contributed by atoms with Gasteiger partial charge in [0.2, 0.25) is 5.12 Å². The van der Waals surface area contributed by atoms with Crippen LogP contribution >= 0.6 is 11.8 Å². The molecule has 0 aromatic carbocycles. The maximum absolute atomic E-state index is 11.4. The van der Waals surface area contributed by atoms with Crippen molar-refractivity contribution in [1.29, 1.82) is 0 Å². The predicted octanol–water partition coefficient (Wildman–Crippen LogP) is 1.22. The second-order valence-electron chi connectivity index (χ2n) is 3.33. The first kappa shape index (κ1) is 10.9. The third-order valence-electron chi connectivity index (χ3n) is 2.19. The number of ether oxygens (including phenoxy) is 1. The highest BCUT2D eigenvalue weighted by molar-refractivity contribution is 8.13. The van der Waals surface area contributed by atoms with Gasteiger partial charge in [0.15, 0.2) is 5.69 Å². The number of aromatic nitrogens is 1. The summed E-state index contributed by atoms with van der Waals surface area (Å²) in [6.07, 6.45) is 0. The summed E-state index contributed by atoms with van der Waals surface area (Å²) in [6.45, 7) is 2.07. The summed E-state index contributed by atoms with van der Waals surface area (Å²) in [7, 11) is 1.31. The van der Waals surface area contributed by atoms with Gasteiger partial charge in [-0.2, -0.15) is 0 Å². The average Bonchev–Trinajstić information content (AvgIpc) is 2.28. The number of nitrogens with one attached hydrogen (secondary N) is 1. The van der Waals surface area contributed by atoms with E-state index in [-0.39, 0.29) is 17.4 Å². The van der Waals surface area contributed by atoms with Crippen molar-refractivity contribution in [2.24, 2.45) is 0 Å². The predicted molar refractivity (Wildman–Crippen MR) is 59.7 cm³/mol. The van der Waals surface area contributed by atoms with E-state index in [0.29, 0.717) is 5.03 Å². The first-order valence-corrected chi connectivity index (χ1v) is 5.48. The number of anilines is 1. The van der Waals surface area contributed by atoms with Gasteiger partial charge in [0.05, 0.1) is 19.3 Å². The van der Waals surface area contributed by atoms with Crippen LogP contribution in [-0.2, 0) is 9.53 Å². The molecule has 0 saturated heterocycles. The van der Waals surface area contributed by atoms with E-state index in [1.165, 1.54) is 7.11 Å². The van der Waals surface area contributed by atoms with E-state index in [1.54, 1.807) is 13.0 Å². The summed E-state index contributed by atoms with van der Waals surface area (Å²) in [4.78, 5) is 26.7. The smallest absolute Gasteiger partial charge is 0.356 e. The fourth-order valence-corrected chi connectivity index (χ4v) is 2.15. The largest absolute Gasteiger partial charge is 0.464 e. The highest BCUT2D eigenvalue weighted by atomic mass is 32.2. The van der Waals surface area contributed by atoms with Crippen molar-refractivity contribution in [3.63, 3.8) is 0 Å². The van der Waals surface area contributed by atoms with Gasteiger partial charge in [-0.15, -0.1) is 0 Å². The first-order valence-electron chi connectivity index (χ1n) is 4.66. The van der Waals surface area contributed by atoms with E-state index < -0.39 is 5.97 Å². The third kappa shape index (κ3) is 1.88. The van der Waals surface area contributed by atoms with Crippen molar-refractivity contribution >= 4 is 28.5 Å². The van der Waals surface area contributed by atoms with Gasteiger partial charge in [-0.05, 0) is 30.3 Å². The molecule has 0 unspecified atom stereocenters. The summed E-state index contributed by atoms with van der Waals surface area (Å²) >= 11 is 1.04. The molecule has 0 fully saturated rings. The van der Waals surface area contributed by atoms with E-state index in [0.717, 1.165) is 23.0 Å². The summed E-state index contributed by atoms with van der Waals surface area (Å²) in [5.74, 6) is -0.487. The number of carbonyl (C=O) groups excluding carboxylic acids is 2. The molecule has 0 saturated carbocycles. The molecule has 0 radical (unpaired) electrons. The van der Waals surface area contributed by atoms with Crippen LogP contribution in [0.1, 0.15) is 16.1 Å². The van der Waals surface area contributed by atoms with E-state index >= 15 is 0 Å². The summed E-state index contributed by atoms with van der Waals surface area (Å²) in [6, 6.07) is 1.80. The van der Waals surface area contributed by atoms with Crippen LogP contribution in [0.5, 0.6) is 0 Å². The zero-order valence-corrected chi connectivity index (χ0v) is 9.68. The van der Waals surface area contributed by atoms with Crippen LogP contribution < -0.4 is 5.32 Å². The molecule has 16 heavy (non-hydrogen) atoms. The van der Waals surface area contributed by atoms with Crippen LogP contribution in [0, 0.1) is 6.92 Å². The fraction of sp³-hybridized carbons (Fsp3) is 0.300. The number of fused-ring (bicyclic) bond motifs is 1. The zero-order chi connectivity index (χ0) is 11.7. The molecule has 1 aromatic heterocycles. The van der Waals surface area contributed by atoms with Crippen LogP contribution in [0.25, 0.3) is 0 Å². The maximum Gasteiger partial charge on any atom is 0.356 e. The molecule has 0 spiro atoms. The number of nitrogens with zero attached hydrogens (tertiary/aromatic N) is 1. The normalized spacial score (nSPS) is 14.0.